The van der Waals surface area contributed by atoms with E-state index in [1.165, 1.54) is 0 Å². The van der Waals surface area contributed by atoms with Gasteiger partial charge >= 0.3 is 0 Å². The largest absolute Gasteiger partial charge is 0.297 e. The van der Waals surface area contributed by atoms with Crippen LogP contribution in [0.2, 0.25) is 0 Å². The van der Waals surface area contributed by atoms with Crippen molar-refractivity contribution >= 4 is 15.7 Å². The standard InChI is InChI=1S/C12H17N3O3S/c13-14-12(16)11-3-1-10(2-4-11)9-15-5-7-19(17,18)8-6-15/h1-4H,5-9,13H2,(H,14,16). The Morgan fingerprint density at radius 3 is 2.32 bits per heavy atom. The number of nitrogens with one attached hydrogen (secondary N) is 1. The number of carbonyl (C=O) groups excluding carboxylic acids is 1. The van der Waals surface area contributed by atoms with E-state index in [0.29, 0.717) is 25.2 Å². The summed E-state index contributed by atoms with van der Waals surface area (Å²) in [4.78, 5) is 13.4. The van der Waals surface area contributed by atoms with Gasteiger partial charge in [-0.05, 0) is 17.7 Å². The summed E-state index contributed by atoms with van der Waals surface area (Å²) >= 11 is 0. The maximum atomic E-state index is 11.3. The van der Waals surface area contributed by atoms with E-state index in [4.69, 9.17) is 5.84 Å². The molecular formula is C12H17N3O3S. The first-order valence-electron chi connectivity index (χ1n) is 6.03. The number of carbonyl (C=O) groups is 1. The molecule has 0 saturated carbocycles. The van der Waals surface area contributed by atoms with Crippen LogP contribution in [0.3, 0.4) is 0 Å². The first kappa shape index (κ1) is 14.0. The molecule has 1 aromatic rings. The highest BCUT2D eigenvalue weighted by Gasteiger charge is 2.21. The van der Waals surface area contributed by atoms with E-state index in [0.717, 1.165) is 5.56 Å². The minimum Gasteiger partial charge on any atom is -0.297 e. The van der Waals surface area contributed by atoms with Crippen LogP contribution in [-0.2, 0) is 16.4 Å². The van der Waals surface area contributed by atoms with E-state index < -0.39 is 9.84 Å². The summed E-state index contributed by atoms with van der Waals surface area (Å²) in [6, 6.07) is 7.12. The van der Waals surface area contributed by atoms with Crippen molar-refractivity contribution in [3.8, 4) is 0 Å². The summed E-state index contributed by atoms with van der Waals surface area (Å²) in [7, 11) is -2.84. The maximum Gasteiger partial charge on any atom is 0.265 e. The third-order valence-electron chi connectivity index (χ3n) is 3.19. The Hall–Kier alpha value is -1.44. The molecule has 2 rings (SSSR count). The molecule has 1 aliphatic heterocycles. The number of hydrogen-bond acceptors (Lipinski definition) is 5. The summed E-state index contributed by atoms with van der Waals surface area (Å²) in [5.41, 5.74) is 3.63. The van der Waals surface area contributed by atoms with E-state index in [1.54, 1.807) is 12.1 Å². The van der Waals surface area contributed by atoms with Gasteiger partial charge in [0.1, 0.15) is 0 Å². The minimum atomic E-state index is -2.84. The Balaban J connectivity index is 1.95. The molecule has 0 radical (unpaired) electrons. The molecule has 1 saturated heterocycles. The minimum absolute atomic E-state index is 0.223. The number of hydrogen-bond donors (Lipinski definition) is 2. The van der Waals surface area contributed by atoms with Crippen molar-refractivity contribution in [3.05, 3.63) is 35.4 Å². The van der Waals surface area contributed by atoms with Gasteiger partial charge in [0.2, 0.25) is 0 Å². The van der Waals surface area contributed by atoms with Crippen LogP contribution >= 0.6 is 0 Å². The molecule has 1 aliphatic rings. The van der Waals surface area contributed by atoms with Crippen LogP contribution in [0.4, 0.5) is 0 Å². The van der Waals surface area contributed by atoms with Gasteiger partial charge < -0.3 is 0 Å². The maximum absolute atomic E-state index is 11.3. The first-order chi connectivity index (χ1) is 9.00. The molecule has 0 atom stereocenters. The van der Waals surface area contributed by atoms with Gasteiger partial charge in [0.05, 0.1) is 11.5 Å². The highest BCUT2D eigenvalue weighted by Crippen LogP contribution is 2.11. The fourth-order valence-electron chi connectivity index (χ4n) is 2.01. The number of amides is 1. The Morgan fingerprint density at radius 2 is 1.79 bits per heavy atom. The van der Waals surface area contributed by atoms with Crippen LogP contribution in [0.5, 0.6) is 0 Å². The monoisotopic (exact) mass is 283 g/mol. The zero-order chi connectivity index (χ0) is 13.9. The van der Waals surface area contributed by atoms with Gasteiger partial charge in [0, 0.05) is 25.2 Å². The molecule has 104 valence electrons. The molecule has 19 heavy (non-hydrogen) atoms. The summed E-state index contributed by atoms with van der Waals surface area (Å²) in [6.45, 7) is 1.82. The van der Waals surface area contributed by atoms with E-state index in [2.05, 4.69) is 10.3 Å². The smallest absolute Gasteiger partial charge is 0.265 e. The second-order valence-corrected chi connectivity index (χ2v) is 6.90. The molecule has 0 aliphatic carbocycles. The molecule has 3 N–H and O–H groups in total. The Bertz CT molecular complexity index is 540. The molecule has 0 aromatic heterocycles. The Labute approximate surface area is 112 Å². The Morgan fingerprint density at radius 1 is 1.21 bits per heavy atom. The third kappa shape index (κ3) is 3.76. The fraction of sp³-hybridized carbons (Fsp3) is 0.417. The van der Waals surface area contributed by atoms with E-state index in [1.807, 2.05) is 12.1 Å². The second-order valence-electron chi connectivity index (χ2n) is 4.60. The van der Waals surface area contributed by atoms with E-state index >= 15 is 0 Å². The van der Waals surface area contributed by atoms with Crippen LogP contribution in [0.15, 0.2) is 24.3 Å². The lowest BCUT2D eigenvalue weighted by Crippen LogP contribution is -2.39. The topological polar surface area (TPSA) is 92.5 Å². The molecule has 6 nitrogen and oxygen atoms in total. The summed E-state index contributed by atoms with van der Waals surface area (Å²) < 4.78 is 22.6. The van der Waals surface area contributed by atoms with Crippen molar-refractivity contribution in [2.24, 2.45) is 5.84 Å². The van der Waals surface area contributed by atoms with Crippen molar-refractivity contribution in [2.45, 2.75) is 6.54 Å². The average Bonchev–Trinajstić information content (AvgIpc) is 2.41. The molecule has 0 unspecified atom stereocenters. The Kier molecular flexibility index (Phi) is 4.18. The molecule has 1 aromatic carbocycles. The molecular weight excluding hydrogens is 266 g/mol. The van der Waals surface area contributed by atoms with Gasteiger partial charge in [-0.1, -0.05) is 12.1 Å². The number of rotatable bonds is 3. The van der Waals surface area contributed by atoms with Crippen LogP contribution in [0.1, 0.15) is 15.9 Å². The van der Waals surface area contributed by atoms with Gasteiger partial charge in [-0.2, -0.15) is 0 Å². The van der Waals surface area contributed by atoms with Gasteiger partial charge in [0.15, 0.2) is 9.84 Å². The predicted molar refractivity (Wildman–Crippen MR) is 72.0 cm³/mol. The normalized spacial score (nSPS) is 19.0. The van der Waals surface area contributed by atoms with Crippen molar-refractivity contribution in [2.75, 3.05) is 24.6 Å². The zero-order valence-electron chi connectivity index (χ0n) is 10.5. The van der Waals surface area contributed by atoms with Gasteiger partial charge in [-0.3, -0.25) is 15.1 Å². The molecule has 0 spiro atoms. The van der Waals surface area contributed by atoms with Crippen molar-refractivity contribution in [1.29, 1.82) is 0 Å². The van der Waals surface area contributed by atoms with Gasteiger partial charge in [-0.15, -0.1) is 0 Å². The van der Waals surface area contributed by atoms with Crippen molar-refractivity contribution < 1.29 is 13.2 Å². The molecule has 1 fully saturated rings. The van der Waals surface area contributed by atoms with E-state index in [9.17, 15) is 13.2 Å². The highest BCUT2D eigenvalue weighted by molar-refractivity contribution is 7.91. The fourth-order valence-corrected chi connectivity index (χ4v) is 3.29. The van der Waals surface area contributed by atoms with Crippen LogP contribution in [-0.4, -0.2) is 43.8 Å². The SMILES string of the molecule is NNC(=O)c1ccc(CN2CCS(=O)(=O)CC2)cc1. The second kappa shape index (κ2) is 5.68. The van der Waals surface area contributed by atoms with Crippen molar-refractivity contribution in [3.63, 3.8) is 0 Å². The number of nitrogen functional groups attached to an aromatic ring is 1. The third-order valence-corrected chi connectivity index (χ3v) is 4.80. The van der Waals surface area contributed by atoms with E-state index in [-0.39, 0.29) is 17.4 Å². The molecule has 7 heteroatoms. The first-order valence-corrected chi connectivity index (χ1v) is 7.85. The molecule has 1 amide bonds. The molecule has 0 bridgehead atoms. The van der Waals surface area contributed by atoms with Gasteiger partial charge in [-0.25, -0.2) is 14.3 Å². The van der Waals surface area contributed by atoms with Crippen LogP contribution < -0.4 is 11.3 Å². The van der Waals surface area contributed by atoms with Crippen LogP contribution in [0.25, 0.3) is 0 Å². The average molecular weight is 283 g/mol. The lowest BCUT2D eigenvalue weighted by Gasteiger charge is -2.26. The lowest BCUT2D eigenvalue weighted by molar-refractivity contribution is 0.0953. The summed E-state index contributed by atoms with van der Waals surface area (Å²) in [5, 5.41) is 0. The predicted octanol–water partition coefficient (Wildman–Crippen LogP) is -0.480. The van der Waals surface area contributed by atoms with Gasteiger partial charge in [0.25, 0.3) is 5.91 Å². The van der Waals surface area contributed by atoms with Crippen LogP contribution in [0, 0.1) is 0 Å². The summed E-state index contributed by atoms with van der Waals surface area (Å²) in [6.07, 6.45) is 0. The van der Waals surface area contributed by atoms with Crippen molar-refractivity contribution in [1.82, 2.24) is 10.3 Å². The summed E-state index contributed by atoms with van der Waals surface area (Å²) in [5.74, 6) is 5.17. The lowest BCUT2D eigenvalue weighted by atomic mass is 10.1. The zero-order valence-corrected chi connectivity index (χ0v) is 11.3. The number of nitrogens with two attached hydrogens (primary N) is 1. The number of hydrazine groups is 1. The number of nitrogens with zero attached hydrogens (tertiary/aromatic N) is 1. The molecule has 1 heterocycles. The quantitative estimate of drug-likeness (QED) is 0.444. The number of sulfone groups is 1. The number of benzene rings is 1. The highest BCUT2D eigenvalue weighted by atomic mass is 32.2.